The highest BCUT2D eigenvalue weighted by Gasteiger charge is 2.05. The number of hydrogen-bond acceptors (Lipinski definition) is 4. The first kappa shape index (κ1) is 13.7. The van der Waals surface area contributed by atoms with E-state index in [1.54, 1.807) is 18.2 Å². The molecule has 0 atom stereocenters. The van der Waals surface area contributed by atoms with Crippen LogP contribution < -0.4 is 0 Å². The van der Waals surface area contributed by atoms with Crippen LogP contribution in [0.1, 0.15) is 25.0 Å². The van der Waals surface area contributed by atoms with Crippen LogP contribution in [0.4, 0.5) is 0 Å². The fraction of sp³-hybridized carbons (Fsp3) is 0.143. The molecule has 0 saturated carbocycles. The molecule has 4 nitrogen and oxygen atoms in total. The molecule has 0 unspecified atom stereocenters. The minimum atomic E-state index is -0.276. The number of aliphatic hydroxyl groups is 2. The predicted octanol–water partition coefficient (Wildman–Crippen LogP) is 2.66. The zero-order valence-electron chi connectivity index (χ0n) is 10.2. The second kappa shape index (κ2) is 5.82. The number of hydrogen-bond donors (Lipinski definition) is 2. The molecular weight excluding hydrogens is 232 g/mol. The van der Waals surface area contributed by atoms with Crippen molar-refractivity contribution in [2.24, 2.45) is 0 Å². The number of rotatable bonds is 4. The van der Waals surface area contributed by atoms with Gasteiger partial charge in [0.25, 0.3) is 0 Å². The van der Waals surface area contributed by atoms with Crippen LogP contribution in [0, 0.1) is 0 Å². The van der Waals surface area contributed by atoms with Crippen molar-refractivity contribution in [2.45, 2.75) is 13.8 Å². The van der Waals surface area contributed by atoms with E-state index in [9.17, 15) is 19.8 Å². The zero-order chi connectivity index (χ0) is 13.7. The van der Waals surface area contributed by atoms with Crippen molar-refractivity contribution in [3.8, 4) is 0 Å². The summed E-state index contributed by atoms with van der Waals surface area (Å²) in [7, 11) is 0. The summed E-state index contributed by atoms with van der Waals surface area (Å²) in [6.45, 7) is 2.65. The quantitative estimate of drug-likeness (QED) is 0.632. The van der Waals surface area contributed by atoms with Gasteiger partial charge in [0.05, 0.1) is 0 Å². The highest BCUT2D eigenvalue weighted by molar-refractivity contribution is 5.94. The van der Waals surface area contributed by atoms with Crippen molar-refractivity contribution in [2.75, 3.05) is 0 Å². The Morgan fingerprint density at radius 2 is 1.33 bits per heavy atom. The summed E-state index contributed by atoms with van der Waals surface area (Å²) >= 11 is 0. The molecule has 0 heterocycles. The molecular formula is C14H14O4. The van der Waals surface area contributed by atoms with Gasteiger partial charge in [0.15, 0.2) is 11.6 Å². The van der Waals surface area contributed by atoms with Gasteiger partial charge in [0.1, 0.15) is 11.5 Å². The molecule has 1 rings (SSSR count). The largest absolute Gasteiger partial charge is 0.507 e. The molecule has 0 amide bonds. The summed E-state index contributed by atoms with van der Waals surface area (Å²) in [6.07, 6.45) is 2.18. The van der Waals surface area contributed by atoms with Gasteiger partial charge in [-0.15, -0.1) is 0 Å². The van der Waals surface area contributed by atoms with Crippen LogP contribution in [0.2, 0.25) is 0 Å². The first-order chi connectivity index (χ1) is 8.40. The zero-order valence-corrected chi connectivity index (χ0v) is 10.2. The minimum absolute atomic E-state index is 0.181. The molecule has 0 aliphatic heterocycles. The van der Waals surface area contributed by atoms with Crippen LogP contribution >= 0.6 is 0 Å². The maximum absolute atomic E-state index is 10.8. The van der Waals surface area contributed by atoms with E-state index in [0.29, 0.717) is 11.1 Å². The average molecular weight is 246 g/mol. The van der Waals surface area contributed by atoms with Gasteiger partial charge in [0, 0.05) is 23.3 Å². The molecule has 0 fully saturated rings. The fourth-order valence-corrected chi connectivity index (χ4v) is 1.39. The lowest BCUT2D eigenvalue weighted by Gasteiger charge is -2.04. The number of carbonyl (C=O) groups is 2. The van der Waals surface area contributed by atoms with E-state index in [4.69, 9.17) is 0 Å². The Balaban J connectivity index is 3.14. The Labute approximate surface area is 105 Å². The summed E-state index contributed by atoms with van der Waals surface area (Å²) in [6, 6.07) is 6.29. The number of benzene rings is 1. The topological polar surface area (TPSA) is 74.6 Å². The van der Waals surface area contributed by atoms with Crippen LogP contribution in [0.25, 0.3) is 11.5 Å². The smallest absolute Gasteiger partial charge is 0.156 e. The van der Waals surface area contributed by atoms with Gasteiger partial charge < -0.3 is 10.2 Å². The Morgan fingerprint density at radius 1 is 0.944 bits per heavy atom. The van der Waals surface area contributed by atoms with Crippen molar-refractivity contribution in [1.82, 2.24) is 0 Å². The third kappa shape index (κ3) is 3.90. The monoisotopic (exact) mass is 246 g/mol. The summed E-state index contributed by atoms with van der Waals surface area (Å²) < 4.78 is 0. The molecule has 0 aliphatic carbocycles. The van der Waals surface area contributed by atoms with Crippen LogP contribution in [0.3, 0.4) is 0 Å². The molecule has 0 bridgehead atoms. The average Bonchev–Trinajstić information content (AvgIpc) is 2.27. The van der Waals surface area contributed by atoms with Gasteiger partial charge in [-0.3, -0.25) is 9.59 Å². The van der Waals surface area contributed by atoms with E-state index in [0.717, 1.165) is 12.2 Å². The normalized spacial score (nSPS) is 12.3. The summed E-state index contributed by atoms with van der Waals surface area (Å²) in [5, 5.41) is 19.3. The second-order valence-corrected chi connectivity index (χ2v) is 3.86. The Morgan fingerprint density at radius 3 is 1.67 bits per heavy atom. The Hall–Kier alpha value is -2.36. The van der Waals surface area contributed by atoms with Gasteiger partial charge in [-0.05, 0) is 19.9 Å². The minimum Gasteiger partial charge on any atom is -0.507 e. The number of allylic oxidation sites excluding steroid dienone is 2. The molecule has 0 aliphatic rings. The second-order valence-electron chi connectivity index (χ2n) is 3.86. The summed E-state index contributed by atoms with van der Waals surface area (Å²) in [4.78, 5) is 21.7. The van der Waals surface area contributed by atoms with E-state index in [-0.39, 0.29) is 23.1 Å². The van der Waals surface area contributed by atoms with Crippen molar-refractivity contribution >= 4 is 23.1 Å². The van der Waals surface area contributed by atoms with Crippen LogP contribution in [-0.4, -0.2) is 21.8 Å². The molecule has 2 N–H and O–H groups in total. The van der Waals surface area contributed by atoms with E-state index in [1.807, 2.05) is 0 Å². The third-order valence-electron chi connectivity index (χ3n) is 2.13. The summed E-state index contributed by atoms with van der Waals surface area (Å²) in [5.41, 5.74) is 0.789. The van der Waals surface area contributed by atoms with E-state index < -0.39 is 0 Å². The van der Waals surface area contributed by atoms with Crippen LogP contribution in [0.5, 0.6) is 0 Å². The first-order valence-electron chi connectivity index (χ1n) is 5.33. The van der Waals surface area contributed by atoms with Gasteiger partial charge in [-0.1, -0.05) is 18.2 Å². The van der Waals surface area contributed by atoms with Crippen LogP contribution in [-0.2, 0) is 9.59 Å². The van der Waals surface area contributed by atoms with Crippen molar-refractivity contribution in [1.29, 1.82) is 0 Å². The van der Waals surface area contributed by atoms with Gasteiger partial charge >= 0.3 is 0 Å². The molecule has 94 valence electrons. The van der Waals surface area contributed by atoms with Crippen LogP contribution in [0.15, 0.2) is 36.4 Å². The molecule has 0 aromatic heterocycles. The van der Waals surface area contributed by atoms with Crippen molar-refractivity contribution in [3.05, 3.63) is 47.5 Å². The molecule has 4 heteroatoms. The SMILES string of the molecule is CC(=O)/C=C(\O)c1cccc(/C(O)=C\C(C)=O)c1. The lowest BCUT2D eigenvalue weighted by atomic mass is 10.1. The molecule has 1 aromatic carbocycles. The lowest BCUT2D eigenvalue weighted by Crippen LogP contribution is -1.92. The van der Waals surface area contributed by atoms with E-state index in [1.165, 1.54) is 19.9 Å². The molecule has 1 aromatic rings. The van der Waals surface area contributed by atoms with E-state index >= 15 is 0 Å². The van der Waals surface area contributed by atoms with Gasteiger partial charge in [-0.2, -0.15) is 0 Å². The number of ketones is 2. The maximum Gasteiger partial charge on any atom is 0.156 e. The fourth-order valence-electron chi connectivity index (χ4n) is 1.39. The Bertz CT molecular complexity index is 493. The van der Waals surface area contributed by atoms with Crippen molar-refractivity contribution < 1.29 is 19.8 Å². The lowest BCUT2D eigenvalue weighted by molar-refractivity contribution is -0.113. The van der Waals surface area contributed by atoms with Gasteiger partial charge in [0.2, 0.25) is 0 Å². The van der Waals surface area contributed by atoms with E-state index in [2.05, 4.69) is 0 Å². The maximum atomic E-state index is 10.8. The Kier molecular flexibility index (Phi) is 4.43. The highest BCUT2D eigenvalue weighted by Crippen LogP contribution is 2.18. The first-order valence-corrected chi connectivity index (χ1v) is 5.33. The van der Waals surface area contributed by atoms with Crippen molar-refractivity contribution in [3.63, 3.8) is 0 Å². The molecule has 0 radical (unpaired) electrons. The standard InChI is InChI=1S/C14H14O4/c1-9(15)6-13(17)11-4-3-5-12(8-11)14(18)7-10(2)16/h3-8,17-18H,1-2H3/b13-6-,14-7+. The third-order valence-corrected chi connectivity index (χ3v) is 2.13. The predicted molar refractivity (Wildman–Crippen MR) is 69.0 cm³/mol. The number of aliphatic hydroxyl groups excluding tert-OH is 2. The molecule has 0 spiro atoms. The number of carbonyl (C=O) groups excluding carboxylic acids is 2. The summed E-state index contributed by atoms with van der Waals surface area (Å²) in [5.74, 6) is -0.914. The molecule has 0 saturated heterocycles. The molecule has 18 heavy (non-hydrogen) atoms. The van der Waals surface area contributed by atoms with Gasteiger partial charge in [-0.25, -0.2) is 0 Å². The highest BCUT2D eigenvalue weighted by atomic mass is 16.3.